The van der Waals surface area contributed by atoms with Crippen molar-refractivity contribution in [3.63, 3.8) is 0 Å². The molecule has 2 aromatic rings. The van der Waals surface area contributed by atoms with E-state index in [0.717, 1.165) is 16.7 Å². The highest BCUT2D eigenvalue weighted by Crippen LogP contribution is 2.24. The van der Waals surface area contributed by atoms with Gasteiger partial charge in [0.25, 0.3) is 5.91 Å². The first kappa shape index (κ1) is 14.8. The van der Waals surface area contributed by atoms with Crippen LogP contribution in [0.1, 0.15) is 17.3 Å². The first-order valence-electron chi connectivity index (χ1n) is 6.07. The molecule has 20 heavy (non-hydrogen) atoms. The lowest BCUT2D eigenvalue weighted by atomic mass is 10.1. The second-order valence-electron chi connectivity index (χ2n) is 4.02. The van der Waals surface area contributed by atoms with Gasteiger partial charge in [-0.3, -0.25) is 4.79 Å². The molecule has 6 heteroatoms. The summed E-state index contributed by atoms with van der Waals surface area (Å²) in [5.41, 5.74) is 1.81. The van der Waals surface area contributed by atoms with Crippen LogP contribution in [0.3, 0.4) is 0 Å². The maximum Gasteiger partial charge on any atom is 0.257 e. The Hall–Kier alpha value is -1.59. The molecule has 1 aromatic heterocycles. The normalized spacial score (nSPS) is 10.2. The Balaban J connectivity index is 2.26. The highest BCUT2D eigenvalue weighted by Gasteiger charge is 2.13. The molecule has 4 nitrogen and oxygen atoms in total. The van der Waals surface area contributed by atoms with Crippen LogP contribution in [-0.4, -0.2) is 17.4 Å². The Bertz CT molecular complexity index is 634. The predicted molar refractivity (Wildman–Crippen MR) is 85.5 cm³/mol. The van der Waals surface area contributed by atoms with E-state index in [1.165, 1.54) is 0 Å². The molecule has 0 saturated heterocycles. The van der Waals surface area contributed by atoms with Gasteiger partial charge in [-0.15, -0.1) is 0 Å². The second kappa shape index (κ2) is 6.72. The lowest BCUT2D eigenvalue weighted by molar-refractivity contribution is 0.102. The molecule has 0 aliphatic rings. The van der Waals surface area contributed by atoms with Crippen molar-refractivity contribution >= 4 is 44.8 Å². The van der Waals surface area contributed by atoms with Gasteiger partial charge in [0.2, 0.25) is 0 Å². The summed E-state index contributed by atoms with van der Waals surface area (Å²) in [4.78, 5) is 16.3. The zero-order chi connectivity index (χ0) is 14.5. The third-order valence-electron chi connectivity index (χ3n) is 2.59. The van der Waals surface area contributed by atoms with Gasteiger partial charge in [-0.25, -0.2) is 4.98 Å². The van der Waals surface area contributed by atoms with Crippen molar-refractivity contribution in [2.24, 2.45) is 0 Å². The van der Waals surface area contributed by atoms with Crippen LogP contribution >= 0.6 is 27.5 Å². The Morgan fingerprint density at radius 3 is 2.85 bits per heavy atom. The number of aromatic nitrogens is 1. The monoisotopic (exact) mass is 353 g/mol. The number of pyridine rings is 1. The largest absolute Gasteiger partial charge is 0.385 e. The average molecular weight is 355 g/mol. The van der Waals surface area contributed by atoms with Gasteiger partial charge in [-0.2, -0.15) is 0 Å². The quantitative estimate of drug-likeness (QED) is 0.810. The van der Waals surface area contributed by atoms with Crippen LogP contribution in [-0.2, 0) is 0 Å². The molecular formula is C14H13BrClN3O. The molecule has 2 rings (SSSR count). The number of hydrogen-bond acceptors (Lipinski definition) is 3. The average Bonchev–Trinajstić information content (AvgIpc) is 2.44. The third kappa shape index (κ3) is 3.49. The number of hydrogen-bond donors (Lipinski definition) is 2. The minimum absolute atomic E-state index is 0.233. The van der Waals surface area contributed by atoms with E-state index in [1.54, 1.807) is 18.3 Å². The Morgan fingerprint density at radius 1 is 1.35 bits per heavy atom. The standard InChI is InChI=1S/C14H13BrClN3O/c1-2-17-11-6-4-3-5-10(11)14(20)19-12-7-9(15)8-18-13(12)16/h3-8,17H,2H2,1H3,(H,19,20). The molecule has 1 aromatic carbocycles. The summed E-state index contributed by atoms with van der Waals surface area (Å²) in [5, 5.41) is 6.17. The van der Waals surface area contributed by atoms with Crippen LogP contribution in [0.5, 0.6) is 0 Å². The first-order valence-corrected chi connectivity index (χ1v) is 7.24. The predicted octanol–water partition coefficient (Wildman–Crippen LogP) is 4.18. The molecule has 0 radical (unpaired) electrons. The van der Waals surface area contributed by atoms with Crippen molar-refractivity contribution in [1.82, 2.24) is 4.98 Å². The van der Waals surface area contributed by atoms with Gasteiger partial charge < -0.3 is 10.6 Å². The summed E-state index contributed by atoms with van der Waals surface area (Å²) in [6.45, 7) is 2.72. The van der Waals surface area contributed by atoms with Gasteiger partial charge in [0.1, 0.15) is 0 Å². The molecule has 0 fully saturated rings. The van der Waals surface area contributed by atoms with E-state index in [-0.39, 0.29) is 11.1 Å². The van der Waals surface area contributed by atoms with Crippen LogP contribution < -0.4 is 10.6 Å². The molecule has 0 aliphatic heterocycles. The molecule has 1 heterocycles. The zero-order valence-corrected chi connectivity index (χ0v) is 13.1. The number of amides is 1. The van der Waals surface area contributed by atoms with E-state index < -0.39 is 0 Å². The van der Waals surface area contributed by atoms with Crippen molar-refractivity contribution in [3.8, 4) is 0 Å². The van der Waals surface area contributed by atoms with Gasteiger partial charge in [0.05, 0.1) is 11.3 Å². The van der Waals surface area contributed by atoms with Crippen LogP contribution in [0.2, 0.25) is 5.15 Å². The second-order valence-corrected chi connectivity index (χ2v) is 5.30. The number of carbonyl (C=O) groups is 1. The third-order valence-corrected chi connectivity index (χ3v) is 3.33. The van der Waals surface area contributed by atoms with Crippen LogP contribution in [0.15, 0.2) is 41.0 Å². The number of benzene rings is 1. The number of nitrogens with zero attached hydrogens (tertiary/aromatic N) is 1. The summed E-state index contributed by atoms with van der Waals surface area (Å²) in [6, 6.07) is 9.02. The number of anilines is 2. The van der Waals surface area contributed by atoms with Gasteiger partial charge in [-0.05, 0) is 41.1 Å². The highest BCUT2D eigenvalue weighted by molar-refractivity contribution is 9.10. The summed E-state index contributed by atoms with van der Waals surface area (Å²) in [7, 11) is 0. The van der Waals surface area contributed by atoms with E-state index >= 15 is 0 Å². The topological polar surface area (TPSA) is 54.0 Å². The van der Waals surface area contributed by atoms with E-state index in [4.69, 9.17) is 11.6 Å². The van der Waals surface area contributed by atoms with E-state index in [0.29, 0.717) is 11.3 Å². The number of carbonyl (C=O) groups excluding carboxylic acids is 1. The first-order chi connectivity index (χ1) is 9.61. The van der Waals surface area contributed by atoms with Crippen molar-refractivity contribution in [3.05, 3.63) is 51.7 Å². The van der Waals surface area contributed by atoms with Crippen molar-refractivity contribution in [2.45, 2.75) is 6.92 Å². The smallest absolute Gasteiger partial charge is 0.257 e. The summed E-state index contributed by atoms with van der Waals surface area (Å²) in [6.07, 6.45) is 1.57. The Labute approximate surface area is 130 Å². The lowest BCUT2D eigenvalue weighted by Crippen LogP contribution is -2.15. The molecule has 1 amide bonds. The summed E-state index contributed by atoms with van der Waals surface area (Å²) < 4.78 is 0.747. The van der Waals surface area contributed by atoms with Crippen molar-refractivity contribution in [1.29, 1.82) is 0 Å². The SMILES string of the molecule is CCNc1ccccc1C(=O)Nc1cc(Br)cnc1Cl. The summed E-state index contributed by atoms with van der Waals surface area (Å²) >= 11 is 9.26. The number of nitrogens with one attached hydrogen (secondary N) is 2. The van der Waals surface area contributed by atoms with E-state index in [9.17, 15) is 4.79 Å². The van der Waals surface area contributed by atoms with Crippen LogP contribution in [0, 0.1) is 0 Å². The molecule has 0 unspecified atom stereocenters. The molecule has 0 saturated carbocycles. The van der Waals surface area contributed by atoms with Gasteiger partial charge in [0.15, 0.2) is 5.15 Å². The van der Waals surface area contributed by atoms with E-state index in [2.05, 4.69) is 31.5 Å². The van der Waals surface area contributed by atoms with Gasteiger partial charge in [-0.1, -0.05) is 23.7 Å². The van der Waals surface area contributed by atoms with Crippen LogP contribution in [0.4, 0.5) is 11.4 Å². The Kier molecular flexibility index (Phi) is 4.98. The molecular weight excluding hydrogens is 342 g/mol. The van der Waals surface area contributed by atoms with Gasteiger partial charge in [0, 0.05) is 22.9 Å². The summed E-state index contributed by atoms with van der Waals surface area (Å²) in [5.74, 6) is -0.233. The molecule has 0 atom stereocenters. The molecule has 2 N–H and O–H groups in total. The van der Waals surface area contributed by atoms with Crippen molar-refractivity contribution in [2.75, 3.05) is 17.2 Å². The Morgan fingerprint density at radius 2 is 2.10 bits per heavy atom. The molecule has 0 aliphatic carbocycles. The van der Waals surface area contributed by atoms with Crippen LogP contribution in [0.25, 0.3) is 0 Å². The highest BCUT2D eigenvalue weighted by atomic mass is 79.9. The minimum atomic E-state index is -0.233. The number of para-hydroxylation sites is 1. The molecule has 0 bridgehead atoms. The number of rotatable bonds is 4. The molecule has 0 spiro atoms. The minimum Gasteiger partial charge on any atom is -0.385 e. The maximum absolute atomic E-state index is 12.3. The lowest BCUT2D eigenvalue weighted by Gasteiger charge is -2.11. The zero-order valence-electron chi connectivity index (χ0n) is 10.8. The number of halogens is 2. The van der Waals surface area contributed by atoms with Crippen molar-refractivity contribution < 1.29 is 4.79 Å². The van der Waals surface area contributed by atoms with Gasteiger partial charge >= 0.3 is 0 Å². The maximum atomic E-state index is 12.3. The fourth-order valence-corrected chi connectivity index (χ4v) is 2.21. The fourth-order valence-electron chi connectivity index (χ4n) is 1.73. The molecule has 104 valence electrons. The van der Waals surface area contributed by atoms with E-state index in [1.807, 2.05) is 25.1 Å². The fraction of sp³-hybridized carbons (Fsp3) is 0.143.